The van der Waals surface area contributed by atoms with Gasteiger partial charge < -0.3 is 14.2 Å². The number of aryl methyl sites for hydroxylation is 1. The van der Waals surface area contributed by atoms with Crippen molar-refractivity contribution in [1.82, 2.24) is 14.9 Å². The summed E-state index contributed by atoms with van der Waals surface area (Å²) in [6, 6.07) is 13.9. The van der Waals surface area contributed by atoms with Gasteiger partial charge >= 0.3 is 0 Å². The lowest BCUT2D eigenvalue weighted by atomic mass is 10.2. The van der Waals surface area contributed by atoms with Crippen LogP contribution < -0.4 is 4.90 Å². The number of benzene rings is 1. The van der Waals surface area contributed by atoms with Crippen LogP contribution in [0.25, 0.3) is 11.3 Å². The van der Waals surface area contributed by atoms with Gasteiger partial charge in [-0.1, -0.05) is 30.3 Å². The summed E-state index contributed by atoms with van der Waals surface area (Å²) in [5.41, 5.74) is 1.05. The number of hydrogen-bond donors (Lipinski definition) is 0. The van der Waals surface area contributed by atoms with Crippen molar-refractivity contribution in [3.8, 4) is 11.3 Å². The first kappa shape index (κ1) is 18.7. The topological polar surface area (TPSA) is 62.5 Å². The molecule has 1 aromatic carbocycles. The van der Waals surface area contributed by atoms with Crippen LogP contribution in [0, 0.1) is 0 Å². The molecule has 1 aliphatic heterocycles. The summed E-state index contributed by atoms with van der Waals surface area (Å²) >= 11 is 3.35. The summed E-state index contributed by atoms with van der Waals surface area (Å²) < 4.78 is 6.75. The van der Waals surface area contributed by atoms with Crippen LogP contribution in [0.15, 0.2) is 63.7 Å². The van der Waals surface area contributed by atoms with Crippen molar-refractivity contribution in [2.45, 2.75) is 12.8 Å². The Morgan fingerprint density at radius 3 is 2.43 bits per heavy atom. The van der Waals surface area contributed by atoms with Gasteiger partial charge in [-0.3, -0.25) is 4.79 Å². The molecule has 1 saturated heterocycles. The van der Waals surface area contributed by atoms with Gasteiger partial charge in [-0.25, -0.2) is 9.97 Å². The second-order valence-electron chi connectivity index (χ2n) is 6.70. The summed E-state index contributed by atoms with van der Waals surface area (Å²) in [7, 11) is 0. The summed E-state index contributed by atoms with van der Waals surface area (Å²) in [4.78, 5) is 25.2. The fraction of sp³-hybridized carbons (Fsp3) is 0.286. The maximum atomic E-state index is 12.6. The average molecular weight is 441 g/mol. The third-order valence-corrected chi connectivity index (χ3v) is 5.24. The zero-order valence-corrected chi connectivity index (χ0v) is 17.0. The Morgan fingerprint density at radius 2 is 1.71 bits per heavy atom. The minimum absolute atomic E-state index is 0.161. The van der Waals surface area contributed by atoms with E-state index in [9.17, 15) is 4.79 Å². The first-order valence-electron chi connectivity index (χ1n) is 9.33. The number of anilines is 1. The van der Waals surface area contributed by atoms with Crippen molar-refractivity contribution in [3.63, 3.8) is 0 Å². The molecule has 4 rings (SSSR count). The standard InChI is InChI=1S/C21H21BrN4O2/c22-17-14-23-21(24-15-17)26-12-10-25(11-13-26)20(27)9-7-18-6-8-19(28-18)16-4-2-1-3-5-16/h1-6,8,14-15H,7,9-13H2. The van der Waals surface area contributed by atoms with Crippen molar-refractivity contribution in [2.75, 3.05) is 31.1 Å². The fourth-order valence-electron chi connectivity index (χ4n) is 3.28. The molecule has 1 aliphatic rings. The average Bonchev–Trinajstić information content (AvgIpc) is 3.22. The number of carbonyl (C=O) groups excluding carboxylic acids is 1. The Bertz CT molecular complexity index is 919. The van der Waals surface area contributed by atoms with Gasteiger partial charge in [-0.2, -0.15) is 0 Å². The van der Waals surface area contributed by atoms with Crippen LogP contribution in [-0.2, 0) is 11.2 Å². The monoisotopic (exact) mass is 440 g/mol. The van der Waals surface area contributed by atoms with E-state index < -0.39 is 0 Å². The predicted octanol–water partition coefficient (Wildman–Crippen LogP) is 3.78. The third-order valence-electron chi connectivity index (χ3n) is 4.83. The third kappa shape index (κ3) is 4.42. The molecule has 3 aromatic rings. The molecule has 0 saturated carbocycles. The molecule has 144 valence electrons. The minimum atomic E-state index is 0.161. The molecule has 1 amide bonds. The minimum Gasteiger partial charge on any atom is -0.461 e. The lowest BCUT2D eigenvalue weighted by Crippen LogP contribution is -2.49. The Kier molecular flexibility index (Phi) is 5.71. The molecular formula is C21H21BrN4O2. The Labute approximate surface area is 172 Å². The van der Waals surface area contributed by atoms with Crippen molar-refractivity contribution in [2.24, 2.45) is 0 Å². The van der Waals surface area contributed by atoms with E-state index in [1.165, 1.54) is 0 Å². The Hall–Kier alpha value is -2.67. The first-order valence-corrected chi connectivity index (χ1v) is 10.1. The van der Waals surface area contributed by atoms with Crippen molar-refractivity contribution < 1.29 is 9.21 Å². The first-order chi connectivity index (χ1) is 13.7. The highest BCUT2D eigenvalue weighted by molar-refractivity contribution is 9.10. The smallest absolute Gasteiger partial charge is 0.225 e. The van der Waals surface area contributed by atoms with Crippen LogP contribution in [0.2, 0.25) is 0 Å². The largest absolute Gasteiger partial charge is 0.461 e. The summed E-state index contributed by atoms with van der Waals surface area (Å²) in [5, 5.41) is 0. The van der Waals surface area contributed by atoms with Crippen LogP contribution in [0.3, 0.4) is 0 Å². The van der Waals surface area contributed by atoms with Crippen LogP contribution in [-0.4, -0.2) is 47.0 Å². The van der Waals surface area contributed by atoms with Gasteiger partial charge in [-0.05, 0) is 28.1 Å². The van der Waals surface area contributed by atoms with Crippen molar-refractivity contribution in [3.05, 3.63) is 65.1 Å². The molecule has 0 N–H and O–H groups in total. The summed E-state index contributed by atoms with van der Waals surface area (Å²) in [6.07, 6.45) is 4.55. The van der Waals surface area contributed by atoms with E-state index in [0.29, 0.717) is 31.9 Å². The molecule has 0 spiro atoms. The number of rotatable bonds is 5. The summed E-state index contributed by atoms with van der Waals surface area (Å²) in [6.45, 7) is 2.86. The molecule has 0 radical (unpaired) electrons. The van der Waals surface area contributed by atoms with Crippen LogP contribution >= 0.6 is 15.9 Å². The highest BCUT2D eigenvalue weighted by Crippen LogP contribution is 2.22. The van der Waals surface area contributed by atoms with Gasteiger partial charge in [-0.15, -0.1) is 0 Å². The van der Waals surface area contributed by atoms with Crippen molar-refractivity contribution >= 4 is 27.8 Å². The maximum absolute atomic E-state index is 12.6. The molecule has 6 nitrogen and oxygen atoms in total. The number of nitrogens with zero attached hydrogens (tertiary/aromatic N) is 4. The highest BCUT2D eigenvalue weighted by atomic mass is 79.9. The number of aromatic nitrogens is 2. The van der Waals surface area contributed by atoms with E-state index in [1.54, 1.807) is 12.4 Å². The summed E-state index contributed by atoms with van der Waals surface area (Å²) in [5.74, 6) is 2.55. The zero-order chi connectivity index (χ0) is 19.3. The van der Waals surface area contributed by atoms with Gasteiger partial charge in [0.15, 0.2) is 0 Å². The normalized spacial score (nSPS) is 14.3. The number of piperazine rings is 1. The number of furan rings is 1. The molecule has 28 heavy (non-hydrogen) atoms. The maximum Gasteiger partial charge on any atom is 0.225 e. The van der Waals surface area contributed by atoms with E-state index in [1.807, 2.05) is 47.4 Å². The Morgan fingerprint density at radius 1 is 1.00 bits per heavy atom. The number of carbonyl (C=O) groups is 1. The number of amides is 1. The molecule has 0 unspecified atom stereocenters. The molecule has 3 heterocycles. The van der Waals surface area contributed by atoms with Gasteiger partial charge in [0.1, 0.15) is 11.5 Å². The lowest BCUT2D eigenvalue weighted by Gasteiger charge is -2.34. The van der Waals surface area contributed by atoms with Gasteiger partial charge in [0.2, 0.25) is 11.9 Å². The number of halogens is 1. The van der Waals surface area contributed by atoms with Crippen LogP contribution in [0.4, 0.5) is 5.95 Å². The fourth-order valence-corrected chi connectivity index (χ4v) is 3.49. The molecule has 7 heteroatoms. The highest BCUT2D eigenvalue weighted by Gasteiger charge is 2.22. The molecule has 0 atom stereocenters. The van der Waals surface area contributed by atoms with E-state index in [-0.39, 0.29) is 5.91 Å². The Balaban J connectivity index is 1.27. The molecule has 0 aliphatic carbocycles. The second-order valence-corrected chi connectivity index (χ2v) is 7.62. The van der Waals surface area contributed by atoms with E-state index in [2.05, 4.69) is 30.8 Å². The predicted molar refractivity (Wildman–Crippen MR) is 111 cm³/mol. The van der Waals surface area contributed by atoms with E-state index in [4.69, 9.17) is 4.42 Å². The van der Waals surface area contributed by atoms with Gasteiger partial charge in [0.05, 0.1) is 4.47 Å². The van der Waals surface area contributed by atoms with Crippen LogP contribution in [0.1, 0.15) is 12.2 Å². The quantitative estimate of drug-likeness (QED) is 0.603. The lowest BCUT2D eigenvalue weighted by molar-refractivity contribution is -0.131. The number of hydrogen-bond acceptors (Lipinski definition) is 5. The van der Waals surface area contributed by atoms with Crippen molar-refractivity contribution in [1.29, 1.82) is 0 Å². The van der Waals surface area contributed by atoms with Gasteiger partial charge in [0, 0.05) is 57.0 Å². The van der Waals surface area contributed by atoms with Crippen LogP contribution in [0.5, 0.6) is 0 Å². The van der Waals surface area contributed by atoms with Gasteiger partial charge in [0.25, 0.3) is 0 Å². The van der Waals surface area contributed by atoms with E-state index >= 15 is 0 Å². The molecule has 2 aromatic heterocycles. The molecule has 1 fully saturated rings. The SMILES string of the molecule is O=C(CCc1ccc(-c2ccccc2)o1)N1CCN(c2ncc(Br)cn2)CC1. The molecular weight excluding hydrogens is 420 g/mol. The second kappa shape index (κ2) is 8.56. The van der Waals surface area contributed by atoms with E-state index in [0.717, 1.165) is 34.6 Å². The zero-order valence-electron chi connectivity index (χ0n) is 15.4. The molecule has 0 bridgehead atoms.